The van der Waals surface area contributed by atoms with Crippen molar-refractivity contribution < 1.29 is 24.2 Å². The van der Waals surface area contributed by atoms with Crippen molar-refractivity contribution in [2.24, 2.45) is 0 Å². The number of ether oxygens (including phenoxy) is 2. The molecule has 1 amide bonds. The molecule has 9 heteroatoms. The summed E-state index contributed by atoms with van der Waals surface area (Å²) in [6.07, 6.45) is 2.69. The minimum absolute atomic E-state index is 0.00820. The fourth-order valence-electron chi connectivity index (χ4n) is 5.14. The smallest absolute Gasteiger partial charge is 0.301 e. The molecule has 0 spiro atoms. The van der Waals surface area contributed by atoms with Crippen molar-refractivity contribution in [2.75, 3.05) is 11.5 Å². The summed E-state index contributed by atoms with van der Waals surface area (Å²) >= 11 is 7.46. The minimum Gasteiger partial charge on any atom is -0.507 e. The second-order valence-electron chi connectivity index (χ2n) is 10.0. The summed E-state index contributed by atoms with van der Waals surface area (Å²) in [5, 5.41) is 12.5. The van der Waals surface area contributed by atoms with Crippen molar-refractivity contribution >= 4 is 55.7 Å². The van der Waals surface area contributed by atoms with Gasteiger partial charge in [0.25, 0.3) is 5.78 Å². The second kappa shape index (κ2) is 10.6. The molecule has 0 bridgehead atoms. The number of anilines is 1. The molecule has 4 aromatic rings. The summed E-state index contributed by atoms with van der Waals surface area (Å²) in [6.45, 7) is 4.68. The first-order valence-electron chi connectivity index (χ1n) is 13.2. The van der Waals surface area contributed by atoms with Gasteiger partial charge >= 0.3 is 5.91 Å². The van der Waals surface area contributed by atoms with E-state index in [1.807, 2.05) is 37.3 Å². The number of halogens is 1. The summed E-state index contributed by atoms with van der Waals surface area (Å²) in [5.74, 6) is -0.309. The van der Waals surface area contributed by atoms with Crippen LogP contribution < -0.4 is 14.4 Å². The second-order valence-corrected chi connectivity index (χ2v) is 11.4. The maximum Gasteiger partial charge on any atom is 0.301 e. The standard InChI is InChI=1S/C31H27ClN2O5S/c1-3-4-13-38-22-9-5-18(6-10-22)27-26(28(35)19-7-12-24-20(15-19)14-17(2)39-24)29(36)30(37)34(27)31-33-23-11-8-21(32)16-25(23)40-31/h5-12,15-17,27,35H,3-4,13-14H2,1-2H3/b28-26+/t17-,27+/m0/s1. The predicted molar refractivity (Wildman–Crippen MR) is 156 cm³/mol. The maximum atomic E-state index is 13.6. The Morgan fingerprint density at radius 2 is 1.95 bits per heavy atom. The van der Waals surface area contributed by atoms with Crippen molar-refractivity contribution in [1.82, 2.24) is 4.98 Å². The Labute approximate surface area is 240 Å². The molecule has 1 aromatic heterocycles. The Balaban J connectivity index is 1.47. The number of carbonyl (C=O) groups is 2. The minimum atomic E-state index is -0.885. The predicted octanol–water partition coefficient (Wildman–Crippen LogP) is 7.08. The van der Waals surface area contributed by atoms with Crippen LogP contribution in [0.3, 0.4) is 0 Å². The number of aliphatic hydroxyl groups is 1. The molecule has 6 rings (SSSR count). The average molecular weight is 575 g/mol. The largest absolute Gasteiger partial charge is 0.507 e. The van der Waals surface area contributed by atoms with Gasteiger partial charge in [0.1, 0.15) is 23.4 Å². The summed E-state index contributed by atoms with van der Waals surface area (Å²) < 4.78 is 12.4. The van der Waals surface area contributed by atoms with Gasteiger partial charge in [0, 0.05) is 17.0 Å². The van der Waals surface area contributed by atoms with Gasteiger partial charge in [0.2, 0.25) is 0 Å². The molecule has 0 radical (unpaired) electrons. The Morgan fingerprint density at radius 1 is 1.15 bits per heavy atom. The number of benzene rings is 3. The van der Waals surface area contributed by atoms with Gasteiger partial charge in [0.05, 0.1) is 28.4 Å². The number of rotatable bonds is 7. The lowest BCUT2D eigenvalue weighted by Crippen LogP contribution is -2.29. The maximum absolute atomic E-state index is 13.6. The van der Waals surface area contributed by atoms with Gasteiger partial charge in [-0.3, -0.25) is 14.5 Å². The van der Waals surface area contributed by atoms with Crippen LogP contribution in [-0.4, -0.2) is 34.5 Å². The number of thiazole rings is 1. The van der Waals surface area contributed by atoms with Crippen LogP contribution >= 0.6 is 22.9 Å². The summed E-state index contributed by atoms with van der Waals surface area (Å²) in [6, 6.07) is 17.0. The van der Waals surface area contributed by atoms with Gasteiger partial charge in [-0.15, -0.1) is 0 Å². The number of Topliss-reactive ketones (excluding diaryl/α,β-unsaturated/α-hetero) is 1. The van der Waals surface area contributed by atoms with E-state index >= 15 is 0 Å². The quantitative estimate of drug-likeness (QED) is 0.110. The summed E-state index contributed by atoms with van der Waals surface area (Å²) in [4.78, 5) is 33.2. The van der Waals surface area contributed by atoms with E-state index in [9.17, 15) is 14.7 Å². The van der Waals surface area contributed by atoms with Crippen LogP contribution in [0.15, 0.2) is 66.2 Å². The number of carbonyl (C=O) groups excluding carboxylic acids is 2. The van der Waals surface area contributed by atoms with Crippen molar-refractivity contribution in [1.29, 1.82) is 0 Å². The zero-order valence-corrected chi connectivity index (χ0v) is 23.6. The molecule has 1 N–H and O–H groups in total. The number of fused-ring (bicyclic) bond motifs is 2. The summed E-state index contributed by atoms with van der Waals surface area (Å²) in [5.41, 5.74) is 2.72. The number of unbranched alkanes of at least 4 members (excludes halogenated alkanes) is 1. The van der Waals surface area contributed by atoms with Crippen molar-refractivity contribution in [3.63, 3.8) is 0 Å². The van der Waals surface area contributed by atoms with Gasteiger partial charge in [-0.2, -0.15) is 0 Å². The molecule has 0 saturated carbocycles. The van der Waals surface area contributed by atoms with E-state index in [1.165, 1.54) is 16.2 Å². The molecule has 2 atom stereocenters. The molecular weight excluding hydrogens is 548 g/mol. The van der Waals surface area contributed by atoms with Crippen molar-refractivity contribution in [3.05, 3.63) is 87.9 Å². The first kappa shape index (κ1) is 26.3. The highest BCUT2D eigenvalue weighted by molar-refractivity contribution is 7.22. The number of hydrogen-bond donors (Lipinski definition) is 1. The van der Waals surface area contributed by atoms with E-state index in [2.05, 4.69) is 11.9 Å². The lowest BCUT2D eigenvalue weighted by molar-refractivity contribution is -0.132. The lowest BCUT2D eigenvalue weighted by atomic mass is 9.94. The molecular formula is C31H27ClN2O5S. The number of amides is 1. The highest BCUT2D eigenvalue weighted by Gasteiger charge is 2.48. The SMILES string of the molecule is CCCCOc1ccc([C@@H]2/C(=C(\O)c3ccc4c(c3)C[C@H](C)O4)C(=O)C(=O)N2c2nc3ccc(Cl)cc3s2)cc1. The fourth-order valence-corrected chi connectivity index (χ4v) is 6.41. The molecule has 2 aliphatic rings. The first-order chi connectivity index (χ1) is 19.3. The van der Waals surface area contributed by atoms with Crippen LogP contribution in [0.2, 0.25) is 5.02 Å². The molecule has 3 heterocycles. The number of nitrogens with zero attached hydrogens (tertiary/aromatic N) is 2. The first-order valence-corrected chi connectivity index (χ1v) is 14.4. The molecule has 2 aliphatic heterocycles. The van der Waals surface area contributed by atoms with Gasteiger partial charge < -0.3 is 14.6 Å². The van der Waals surface area contributed by atoms with Crippen molar-refractivity contribution in [2.45, 2.75) is 45.3 Å². The molecule has 204 valence electrons. The van der Waals surface area contributed by atoms with Crippen LogP contribution in [0.4, 0.5) is 5.13 Å². The third-order valence-corrected chi connectivity index (χ3v) is 8.37. The van der Waals surface area contributed by atoms with Crippen LogP contribution in [0.1, 0.15) is 49.4 Å². The van der Waals surface area contributed by atoms with Crippen LogP contribution in [0, 0.1) is 0 Å². The Morgan fingerprint density at radius 3 is 2.73 bits per heavy atom. The van der Waals surface area contributed by atoms with E-state index in [1.54, 1.807) is 30.3 Å². The third kappa shape index (κ3) is 4.71. The molecule has 1 saturated heterocycles. The molecule has 0 unspecified atom stereocenters. The number of hydrogen-bond acceptors (Lipinski definition) is 7. The molecule has 1 fully saturated rings. The molecule has 0 aliphatic carbocycles. The topological polar surface area (TPSA) is 89.0 Å². The van der Waals surface area contributed by atoms with E-state index < -0.39 is 17.7 Å². The summed E-state index contributed by atoms with van der Waals surface area (Å²) in [7, 11) is 0. The van der Waals surface area contributed by atoms with Crippen LogP contribution in [-0.2, 0) is 16.0 Å². The van der Waals surface area contributed by atoms with Crippen LogP contribution in [0.25, 0.3) is 16.0 Å². The molecule has 7 nitrogen and oxygen atoms in total. The van der Waals surface area contributed by atoms with E-state index in [4.69, 9.17) is 21.1 Å². The fraction of sp³-hybridized carbons (Fsp3) is 0.258. The number of aliphatic hydroxyl groups excluding tert-OH is 1. The van der Waals surface area contributed by atoms with Gasteiger partial charge in [0.15, 0.2) is 5.13 Å². The van der Waals surface area contributed by atoms with Crippen LogP contribution in [0.5, 0.6) is 11.5 Å². The Bertz CT molecular complexity index is 1660. The monoisotopic (exact) mass is 574 g/mol. The molecule has 40 heavy (non-hydrogen) atoms. The van der Waals surface area contributed by atoms with Gasteiger partial charge in [-0.05, 0) is 73.0 Å². The average Bonchev–Trinajstić information content (AvgIpc) is 3.60. The third-order valence-electron chi connectivity index (χ3n) is 7.12. The van der Waals surface area contributed by atoms with Crippen molar-refractivity contribution in [3.8, 4) is 11.5 Å². The zero-order chi connectivity index (χ0) is 28.0. The molecule has 3 aromatic carbocycles. The number of ketones is 1. The van der Waals surface area contributed by atoms with E-state index in [0.29, 0.717) is 45.6 Å². The normalized spacial score (nSPS) is 19.7. The lowest BCUT2D eigenvalue weighted by Gasteiger charge is -2.23. The highest BCUT2D eigenvalue weighted by Crippen LogP contribution is 2.45. The highest BCUT2D eigenvalue weighted by atomic mass is 35.5. The number of aromatic nitrogens is 1. The van der Waals surface area contributed by atoms with Gasteiger partial charge in [-0.25, -0.2) is 4.98 Å². The van der Waals surface area contributed by atoms with Gasteiger partial charge in [-0.1, -0.05) is 48.4 Å². The van der Waals surface area contributed by atoms with E-state index in [0.717, 1.165) is 28.9 Å². The zero-order valence-electron chi connectivity index (χ0n) is 22.0. The Hall–Kier alpha value is -3.88. The Kier molecular flexibility index (Phi) is 6.98. The van der Waals surface area contributed by atoms with E-state index in [-0.39, 0.29) is 17.4 Å².